The van der Waals surface area contributed by atoms with Gasteiger partial charge in [-0.2, -0.15) is 0 Å². The molecule has 2 heterocycles. The Balaban J connectivity index is 1.31. The average molecular weight is 374 g/mol. The smallest absolute Gasteiger partial charge is 0.226 e. The Kier molecular flexibility index (Phi) is 5.19. The van der Waals surface area contributed by atoms with Gasteiger partial charge < -0.3 is 15.0 Å². The van der Waals surface area contributed by atoms with Crippen molar-refractivity contribution in [3.05, 3.63) is 72.6 Å². The van der Waals surface area contributed by atoms with Crippen LogP contribution in [-0.4, -0.2) is 36.1 Å². The molecule has 4 rings (SSSR count). The van der Waals surface area contributed by atoms with Gasteiger partial charge in [-0.15, -0.1) is 0 Å². The number of nitrogens with one attached hydrogen (secondary N) is 1. The number of aromatic nitrogens is 2. The highest BCUT2D eigenvalue weighted by Gasteiger charge is 2.33. The molecule has 0 atom stereocenters. The molecule has 142 valence electrons. The SMILES string of the molecule is COc1ccc(CNC(=O)C2CN(c3cc(-c4ccccc4)ncn3)C2)cc1. The van der Waals surface area contributed by atoms with E-state index < -0.39 is 0 Å². The number of hydrogen-bond acceptors (Lipinski definition) is 5. The number of carbonyl (C=O) groups excluding carboxylic acids is 1. The summed E-state index contributed by atoms with van der Waals surface area (Å²) in [4.78, 5) is 23.2. The minimum atomic E-state index is -0.0200. The van der Waals surface area contributed by atoms with Gasteiger partial charge in [0.15, 0.2) is 0 Å². The van der Waals surface area contributed by atoms with Crippen molar-refractivity contribution in [2.45, 2.75) is 6.54 Å². The predicted octanol–water partition coefficient (Wildman–Crippen LogP) is 2.90. The van der Waals surface area contributed by atoms with E-state index in [1.54, 1.807) is 13.4 Å². The second-order valence-corrected chi connectivity index (χ2v) is 6.80. The van der Waals surface area contributed by atoms with E-state index in [2.05, 4.69) is 20.2 Å². The Hall–Kier alpha value is -3.41. The van der Waals surface area contributed by atoms with E-state index in [0.717, 1.165) is 28.4 Å². The highest BCUT2D eigenvalue weighted by molar-refractivity contribution is 5.82. The molecule has 0 aliphatic carbocycles. The first-order chi connectivity index (χ1) is 13.7. The van der Waals surface area contributed by atoms with Crippen LogP contribution in [0.15, 0.2) is 67.0 Å². The van der Waals surface area contributed by atoms with Crippen molar-refractivity contribution in [2.24, 2.45) is 5.92 Å². The maximum absolute atomic E-state index is 12.4. The van der Waals surface area contributed by atoms with Gasteiger partial charge in [-0.25, -0.2) is 9.97 Å². The molecule has 1 fully saturated rings. The number of carbonyl (C=O) groups is 1. The molecule has 6 heteroatoms. The second kappa shape index (κ2) is 8.08. The van der Waals surface area contributed by atoms with Crippen molar-refractivity contribution >= 4 is 11.7 Å². The van der Waals surface area contributed by atoms with Gasteiger partial charge in [-0.1, -0.05) is 42.5 Å². The standard InChI is InChI=1S/C22H22N4O2/c1-28-19-9-7-16(8-10-19)12-23-22(27)18-13-26(14-18)21-11-20(24-15-25-21)17-5-3-2-4-6-17/h2-11,15,18H,12-14H2,1H3,(H,23,27). The summed E-state index contributed by atoms with van der Waals surface area (Å²) >= 11 is 0. The van der Waals surface area contributed by atoms with E-state index >= 15 is 0 Å². The zero-order valence-corrected chi connectivity index (χ0v) is 15.7. The van der Waals surface area contributed by atoms with Crippen molar-refractivity contribution in [1.29, 1.82) is 0 Å². The summed E-state index contributed by atoms with van der Waals surface area (Å²) in [5, 5.41) is 3.01. The van der Waals surface area contributed by atoms with Crippen molar-refractivity contribution in [3.8, 4) is 17.0 Å². The molecule has 2 aromatic carbocycles. The minimum absolute atomic E-state index is 0.0200. The fourth-order valence-corrected chi connectivity index (χ4v) is 3.20. The summed E-state index contributed by atoms with van der Waals surface area (Å²) < 4.78 is 5.15. The molecular formula is C22H22N4O2. The monoisotopic (exact) mass is 374 g/mol. The lowest BCUT2D eigenvalue weighted by atomic mass is 9.99. The molecule has 1 aromatic heterocycles. The van der Waals surface area contributed by atoms with Crippen LogP contribution < -0.4 is 15.0 Å². The summed E-state index contributed by atoms with van der Waals surface area (Å²) in [5.74, 6) is 1.72. The average Bonchev–Trinajstić information content (AvgIpc) is 2.72. The summed E-state index contributed by atoms with van der Waals surface area (Å²) in [5.41, 5.74) is 2.99. The van der Waals surface area contributed by atoms with Crippen molar-refractivity contribution in [2.75, 3.05) is 25.1 Å². The molecule has 6 nitrogen and oxygen atoms in total. The summed E-state index contributed by atoms with van der Waals surface area (Å²) in [6, 6.07) is 19.7. The molecule has 0 bridgehead atoms. The van der Waals surface area contributed by atoms with Crippen LogP contribution in [0.1, 0.15) is 5.56 Å². The van der Waals surface area contributed by atoms with E-state index in [-0.39, 0.29) is 11.8 Å². The number of methoxy groups -OCH3 is 1. The van der Waals surface area contributed by atoms with E-state index in [0.29, 0.717) is 19.6 Å². The Bertz CT molecular complexity index is 938. The zero-order chi connectivity index (χ0) is 19.3. The van der Waals surface area contributed by atoms with Crippen LogP contribution in [0, 0.1) is 5.92 Å². The molecule has 1 aliphatic rings. The Labute approximate surface area is 164 Å². The third-order valence-corrected chi connectivity index (χ3v) is 4.92. The number of rotatable bonds is 6. The van der Waals surface area contributed by atoms with Crippen LogP contribution in [-0.2, 0) is 11.3 Å². The van der Waals surface area contributed by atoms with Gasteiger partial charge in [-0.3, -0.25) is 4.79 Å². The van der Waals surface area contributed by atoms with Gasteiger partial charge in [0, 0.05) is 31.3 Å². The van der Waals surface area contributed by atoms with Crippen molar-refractivity contribution in [3.63, 3.8) is 0 Å². The Morgan fingerprint density at radius 1 is 1.11 bits per heavy atom. The van der Waals surface area contributed by atoms with Gasteiger partial charge in [0.1, 0.15) is 17.9 Å². The Morgan fingerprint density at radius 2 is 1.86 bits per heavy atom. The second-order valence-electron chi connectivity index (χ2n) is 6.80. The van der Waals surface area contributed by atoms with Crippen LogP contribution in [0.3, 0.4) is 0 Å². The molecule has 1 amide bonds. The largest absolute Gasteiger partial charge is 0.497 e. The summed E-state index contributed by atoms with van der Waals surface area (Å²) in [6.07, 6.45) is 1.58. The van der Waals surface area contributed by atoms with Crippen molar-refractivity contribution in [1.82, 2.24) is 15.3 Å². The number of benzene rings is 2. The predicted molar refractivity (Wildman–Crippen MR) is 108 cm³/mol. The highest BCUT2D eigenvalue weighted by Crippen LogP contribution is 2.26. The number of anilines is 1. The van der Waals surface area contributed by atoms with Crippen LogP contribution in [0.25, 0.3) is 11.3 Å². The van der Waals surface area contributed by atoms with Crippen LogP contribution in [0.2, 0.25) is 0 Å². The molecule has 1 saturated heterocycles. The fraction of sp³-hybridized carbons (Fsp3) is 0.227. The number of amides is 1. The number of nitrogens with zero attached hydrogens (tertiary/aromatic N) is 3. The van der Waals surface area contributed by atoms with Crippen LogP contribution in [0.4, 0.5) is 5.82 Å². The van der Waals surface area contributed by atoms with Crippen molar-refractivity contribution < 1.29 is 9.53 Å². The normalized spacial score (nSPS) is 13.7. The lowest BCUT2D eigenvalue weighted by Crippen LogP contribution is -2.54. The van der Waals surface area contributed by atoms with Gasteiger partial charge >= 0.3 is 0 Å². The molecule has 1 N–H and O–H groups in total. The summed E-state index contributed by atoms with van der Waals surface area (Å²) in [7, 11) is 1.64. The molecule has 0 spiro atoms. The number of ether oxygens (including phenoxy) is 1. The third kappa shape index (κ3) is 3.96. The van der Waals surface area contributed by atoms with E-state index in [1.165, 1.54) is 0 Å². The lowest BCUT2D eigenvalue weighted by molar-refractivity contribution is -0.125. The molecule has 0 unspecified atom stereocenters. The molecule has 28 heavy (non-hydrogen) atoms. The first-order valence-electron chi connectivity index (χ1n) is 9.26. The zero-order valence-electron chi connectivity index (χ0n) is 15.7. The van der Waals surface area contributed by atoms with Crippen LogP contribution >= 0.6 is 0 Å². The maximum atomic E-state index is 12.4. The van der Waals surface area contributed by atoms with E-state index in [9.17, 15) is 4.79 Å². The van der Waals surface area contributed by atoms with Gasteiger partial charge in [0.05, 0.1) is 18.7 Å². The Morgan fingerprint density at radius 3 is 2.57 bits per heavy atom. The van der Waals surface area contributed by atoms with E-state index in [1.807, 2.05) is 60.7 Å². The third-order valence-electron chi connectivity index (χ3n) is 4.92. The van der Waals surface area contributed by atoms with Gasteiger partial charge in [0.25, 0.3) is 0 Å². The number of hydrogen-bond donors (Lipinski definition) is 1. The molecule has 1 aliphatic heterocycles. The topological polar surface area (TPSA) is 67.3 Å². The molecule has 0 saturated carbocycles. The van der Waals surface area contributed by atoms with Gasteiger partial charge in [-0.05, 0) is 17.7 Å². The quantitative estimate of drug-likeness (QED) is 0.719. The summed E-state index contributed by atoms with van der Waals surface area (Å²) in [6.45, 7) is 1.85. The molecule has 3 aromatic rings. The van der Waals surface area contributed by atoms with Gasteiger partial charge in [0.2, 0.25) is 5.91 Å². The lowest BCUT2D eigenvalue weighted by Gasteiger charge is -2.39. The maximum Gasteiger partial charge on any atom is 0.226 e. The first kappa shape index (κ1) is 18.0. The highest BCUT2D eigenvalue weighted by atomic mass is 16.5. The fourth-order valence-electron chi connectivity index (χ4n) is 3.20. The first-order valence-corrected chi connectivity index (χ1v) is 9.26. The minimum Gasteiger partial charge on any atom is -0.497 e. The van der Waals surface area contributed by atoms with E-state index in [4.69, 9.17) is 4.74 Å². The van der Waals surface area contributed by atoms with Crippen LogP contribution in [0.5, 0.6) is 5.75 Å². The molecular weight excluding hydrogens is 352 g/mol. The molecule has 0 radical (unpaired) electrons.